The Bertz CT molecular complexity index is 1040. The lowest BCUT2D eigenvalue weighted by Crippen LogP contribution is -2.40. The first-order valence-corrected chi connectivity index (χ1v) is 10.2. The molecule has 0 bridgehead atoms. The van der Waals surface area contributed by atoms with Gasteiger partial charge in [-0.2, -0.15) is 5.10 Å². The van der Waals surface area contributed by atoms with Gasteiger partial charge in [-0.25, -0.2) is 4.68 Å². The predicted octanol–water partition coefficient (Wildman–Crippen LogP) is 4.22. The van der Waals surface area contributed by atoms with Gasteiger partial charge in [-0.15, -0.1) is 0 Å². The first kappa shape index (κ1) is 20.2. The van der Waals surface area contributed by atoms with Gasteiger partial charge in [0.15, 0.2) is 0 Å². The number of esters is 1. The zero-order chi connectivity index (χ0) is 21.1. The number of hydrogen-bond acceptors (Lipinski definition) is 4. The molecule has 0 saturated carbocycles. The van der Waals surface area contributed by atoms with Crippen LogP contribution in [0, 0.1) is 5.92 Å². The van der Waals surface area contributed by atoms with Gasteiger partial charge in [-0.3, -0.25) is 9.59 Å². The molecule has 7 heteroatoms. The van der Waals surface area contributed by atoms with Crippen molar-refractivity contribution in [2.75, 3.05) is 20.2 Å². The molecule has 0 spiro atoms. The van der Waals surface area contributed by atoms with Gasteiger partial charge in [0.1, 0.15) is 5.69 Å². The SMILES string of the molecule is COC(=O)C1CCN(C(=O)c2cn(-c3ccccc3)nc2-c2ccc(Cl)cc2)CC1. The van der Waals surface area contributed by atoms with E-state index < -0.39 is 0 Å². The standard InChI is InChI=1S/C23H22ClN3O3/c1-30-23(29)17-11-13-26(14-12-17)22(28)20-15-27(19-5-3-2-4-6-19)25-21(20)16-7-9-18(24)10-8-16/h2-10,15,17H,11-14H2,1H3. The molecule has 2 heterocycles. The first-order chi connectivity index (χ1) is 14.6. The second-order valence-corrected chi connectivity index (χ2v) is 7.70. The van der Waals surface area contributed by atoms with Crippen molar-refractivity contribution in [3.8, 4) is 16.9 Å². The Kier molecular flexibility index (Phi) is 5.86. The fraction of sp³-hybridized carbons (Fsp3) is 0.261. The molecule has 4 rings (SSSR count). The quantitative estimate of drug-likeness (QED) is 0.589. The van der Waals surface area contributed by atoms with Crippen molar-refractivity contribution in [3.63, 3.8) is 0 Å². The average molecular weight is 424 g/mol. The number of nitrogens with zero attached hydrogens (tertiary/aromatic N) is 3. The summed E-state index contributed by atoms with van der Waals surface area (Å²) in [4.78, 5) is 27.0. The summed E-state index contributed by atoms with van der Waals surface area (Å²) in [7, 11) is 1.40. The third-order valence-corrected chi connectivity index (χ3v) is 5.65. The van der Waals surface area contributed by atoms with Crippen LogP contribution in [0.3, 0.4) is 0 Å². The number of benzene rings is 2. The minimum absolute atomic E-state index is 0.0922. The van der Waals surface area contributed by atoms with Gasteiger partial charge in [0, 0.05) is 29.9 Å². The predicted molar refractivity (Wildman–Crippen MR) is 115 cm³/mol. The average Bonchev–Trinajstić information content (AvgIpc) is 3.25. The van der Waals surface area contributed by atoms with Crippen molar-refractivity contribution >= 4 is 23.5 Å². The number of likely N-dealkylation sites (tertiary alicyclic amines) is 1. The molecule has 0 N–H and O–H groups in total. The summed E-state index contributed by atoms with van der Waals surface area (Å²) < 4.78 is 6.56. The number of methoxy groups -OCH3 is 1. The van der Waals surface area contributed by atoms with E-state index in [1.54, 1.807) is 27.9 Å². The molecular weight excluding hydrogens is 402 g/mol. The Hall–Kier alpha value is -3.12. The molecule has 1 amide bonds. The van der Waals surface area contributed by atoms with Crippen molar-refractivity contribution in [1.29, 1.82) is 0 Å². The van der Waals surface area contributed by atoms with E-state index >= 15 is 0 Å². The molecule has 0 radical (unpaired) electrons. The molecular formula is C23H22ClN3O3. The summed E-state index contributed by atoms with van der Waals surface area (Å²) in [5, 5.41) is 5.33. The Balaban J connectivity index is 1.66. The molecule has 154 valence electrons. The molecule has 6 nitrogen and oxygen atoms in total. The highest BCUT2D eigenvalue weighted by atomic mass is 35.5. The summed E-state index contributed by atoms with van der Waals surface area (Å²) in [6, 6.07) is 17.0. The molecule has 30 heavy (non-hydrogen) atoms. The van der Waals surface area contributed by atoms with Crippen molar-refractivity contribution in [3.05, 3.63) is 71.4 Å². The molecule has 1 aliphatic heterocycles. The number of amides is 1. The molecule has 3 aromatic rings. The lowest BCUT2D eigenvalue weighted by atomic mass is 9.96. The Labute approximate surface area is 180 Å². The van der Waals surface area contributed by atoms with E-state index in [-0.39, 0.29) is 17.8 Å². The number of hydrogen-bond donors (Lipinski definition) is 0. The van der Waals surface area contributed by atoms with E-state index in [9.17, 15) is 9.59 Å². The van der Waals surface area contributed by atoms with Gasteiger partial charge in [0.2, 0.25) is 0 Å². The fourth-order valence-electron chi connectivity index (χ4n) is 3.72. The summed E-state index contributed by atoms with van der Waals surface area (Å²) >= 11 is 6.04. The van der Waals surface area contributed by atoms with E-state index in [2.05, 4.69) is 0 Å². The minimum atomic E-state index is -0.208. The largest absolute Gasteiger partial charge is 0.469 e. The topological polar surface area (TPSA) is 64.4 Å². The van der Waals surface area contributed by atoms with Crippen LogP contribution >= 0.6 is 11.6 Å². The van der Waals surface area contributed by atoms with Crippen LogP contribution in [0.1, 0.15) is 23.2 Å². The Morgan fingerprint density at radius 2 is 1.70 bits per heavy atom. The number of halogens is 1. The van der Waals surface area contributed by atoms with Crippen LogP contribution < -0.4 is 0 Å². The van der Waals surface area contributed by atoms with Crippen LogP contribution in [0.2, 0.25) is 5.02 Å². The zero-order valence-electron chi connectivity index (χ0n) is 16.6. The molecule has 1 saturated heterocycles. The zero-order valence-corrected chi connectivity index (χ0v) is 17.4. The number of para-hydroxylation sites is 1. The van der Waals surface area contributed by atoms with Gasteiger partial charge in [-0.1, -0.05) is 41.9 Å². The highest BCUT2D eigenvalue weighted by molar-refractivity contribution is 6.30. The van der Waals surface area contributed by atoms with E-state index in [1.807, 2.05) is 42.5 Å². The molecule has 0 unspecified atom stereocenters. The fourth-order valence-corrected chi connectivity index (χ4v) is 3.85. The number of carbonyl (C=O) groups excluding carboxylic acids is 2. The minimum Gasteiger partial charge on any atom is -0.469 e. The van der Waals surface area contributed by atoms with Crippen molar-refractivity contribution in [2.24, 2.45) is 5.92 Å². The number of piperidine rings is 1. The van der Waals surface area contributed by atoms with Crippen LogP contribution in [0.4, 0.5) is 0 Å². The molecule has 1 fully saturated rings. The van der Waals surface area contributed by atoms with Crippen molar-refractivity contribution in [1.82, 2.24) is 14.7 Å². The second-order valence-electron chi connectivity index (χ2n) is 7.27. The van der Waals surface area contributed by atoms with Crippen LogP contribution in [0.5, 0.6) is 0 Å². The smallest absolute Gasteiger partial charge is 0.308 e. The van der Waals surface area contributed by atoms with E-state index in [0.717, 1.165) is 11.3 Å². The van der Waals surface area contributed by atoms with Crippen LogP contribution in [0.25, 0.3) is 16.9 Å². The molecule has 2 aromatic carbocycles. The highest BCUT2D eigenvalue weighted by Gasteiger charge is 2.30. The summed E-state index contributed by atoms with van der Waals surface area (Å²) in [6.07, 6.45) is 2.97. The van der Waals surface area contributed by atoms with Crippen LogP contribution in [-0.4, -0.2) is 46.8 Å². The third kappa shape index (κ3) is 4.09. The number of carbonyl (C=O) groups is 2. The van der Waals surface area contributed by atoms with Gasteiger partial charge < -0.3 is 9.64 Å². The second kappa shape index (κ2) is 8.71. The maximum atomic E-state index is 13.4. The Morgan fingerprint density at radius 1 is 1.03 bits per heavy atom. The number of rotatable bonds is 4. The molecule has 1 aliphatic rings. The number of aromatic nitrogens is 2. The van der Waals surface area contributed by atoms with Gasteiger partial charge in [-0.05, 0) is 37.1 Å². The molecule has 0 atom stereocenters. The first-order valence-electron chi connectivity index (χ1n) is 9.85. The van der Waals surface area contributed by atoms with Gasteiger partial charge in [0.05, 0.1) is 24.3 Å². The third-order valence-electron chi connectivity index (χ3n) is 5.40. The monoisotopic (exact) mass is 423 g/mol. The maximum Gasteiger partial charge on any atom is 0.308 e. The highest BCUT2D eigenvalue weighted by Crippen LogP contribution is 2.28. The van der Waals surface area contributed by atoms with Gasteiger partial charge in [0.25, 0.3) is 5.91 Å². The van der Waals surface area contributed by atoms with Crippen molar-refractivity contribution < 1.29 is 14.3 Å². The number of ether oxygens (including phenoxy) is 1. The summed E-state index contributed by atoms with van der Waals surface area (Å²) in [5.41, 5.74) is 2.83. The lowest BCUT2D eigenvalue weighted by molar-refractivity contribution is -0.146. The summed E-state index contributed by atoms with van der Waals surface area (Å²) in [6.45, 7) is 1.02. The maximum absolute atomic E-state index is 13.4. The lowest BCUT2D eigenvalue weighted by Gasteiger charge is -2.30. The summed E-state index contributed by atoms with van der Waals surface area (Å²) in [5.74, 6) is -0.451. The molecule has 0 aliphatic carbocycles. The van der Waals surface area contributed by atoms with Crippen molar-refractivity contribution in [2.45, 2.75) is 12.8 Å². The normalized spacial score (nSPS) is 14.5. The van der Waals surface area contributed by atoms with Crippen LogP contribution in [-0.2, 0) is 9.53 Å². The van der Waals surface area contributed by atoms with E-state index in [0.29, 0.717) is 42.2 Å². The van der Waals surface area contributed by atoms with Gasteiger partial charge >= 0.3 is 5.97 Å². The van der Waals surface area contributed by atoms with E-state index in [4.69, 9.17) is 21.4 Å². The molecule has 1 aromatic heterocycles. The van der Waals surface area contributed by atoms with Crippen LogP contribution in [0.15, 0.2) is 60.8 Å². The Morgan fingerprint density at radius 3 is 2.33 bits per heavy atom. The van der Waals surface area contributed by atoms with E-state index in [1.165, 1.54) is 7.11 Å².